The molecular weight excluding hydrogens is 223 g/mol. The van der Waals surface area contributed by atoms with Crippen LogP contribution >= 0.6 is 0 Å². The molecule has 88 valence electrons. The number of benzene rings is 1. The Morgan fingerprint density at radius 2 is 2.24 bits per heavy atom. The highest BCUT2D eigenvalue weighted by Gasteiger charge is 2.07. The van der Waals surface area contributed by atoms with Gasteiger partial charge in [-0.25, -0.2) is 14.2 Å². The maximum atomic E-state index is 13.7. The topological polar surface area (TPSA) is 62.2 Å². The summed E-state index contributed by atoms with van der Waals surface area (Å²) < 4.78 is 13.7. The minimum absolute atomic E-state index is 0.202. The van der Waals surface area contributed by atoms with Crippen LogP contribution in [0.15, 0.2) is 24.3 Å². The SMILES string of the molecule is CCc1ccc2cc(NC(=O)O)cc(F)c2n1. The monoisotopic (exact) mass is 234 g/mol. The number of halogens is 1. The second-order valence-electron chi connectivity index (χ2n) is 3.62. The van der Waals surface area contributed by atoms with Gasteiger partial charge in [0.15, 0.2) is 5.82 Å². The number of pyridine rings is 1. The standard InChI is InChI=1S/C12H11FN2O2/c1-2-8-4-3-7-5-9(15-12(16)17)6-10(13)11(7)14-8/h3-6,15H,2H2,1H3,(H,16,17). The number of nitrogens with zero attached hydrogens (tertiary/aromatic N) is 1. The van der Waals surface area contributed by atoms with Gasteiger partial charge in [-0.3, -0.25) is 5.32 Å². The van der Waals surface area contributed by atoms with Crippen LogP contribution in [0.2, 0.25) is 0 Å². The fourth-order valence-electron chi connectivity index (χ4n) is 1.62. The Kier molecular flexibility index (Phi) is 2.91. The van der Waals surface area contributed by atoms with Crippen LogP contribution in [0.4, 0.5) is 14.9 Å². The van der Waals surface area contributed by atoms with Crippen LogP contribution in [-0.2, 0) is 6.42 Å². The fraction of sp³-hybridized carbons (Fsp3) is 0.167. The van der Waals surface area contributed by atoms with Crippen molar-refractivity contribution in [1.29, 1.82) is 0 Å². The largest absolute Gasteiger partial charge is 0.465 e. The average Bonchev–Trinajstić information content (AvgIpc) is 2.28. The van der Waals surface area contributed by atoms with Crippen molar-refractivity contribution in [3.05, 3.63) is 35.8 Å². The predicted octanol–water partition coefficient (Wildman–Crippen LogP) is 3.03. The van der Waals surface area contributed by atoms with Gasteiger partial charge >= 0.3 is 6.09 Å². The zero-order valence-electron chi connectivity index (χ0n) is 9.20. The van der Waals surface area contributed by atoms with E-state index < -0.39 is 11.9 Å². The number of rotatable bonds is 2. The summed E-state index contributed by atoms with van der Waals surface area (Å²) in [6.45, 7) is 1.94. The van der Waals surface area contributed by atoms with E-state index >= 15 is 0 Å². The maximum Gasteiger partial charge on any atom is 0.409 e. The highest BCUT2D eigenvalue weighted by atomic mass is 19.1. The van der Waals surface area contributed by atoms with Crippen molar-refractivity contribution >= 4 is 22.7 Å². The van der Waals surface area contributed by atoms with Gasteiger partial charge in [0.2, 0.25) is 0 Å². The first kappa shape index (κ1) is 11.3. The molecule has 1 heterocycles. The van der Waals surface area contributed by atoms with E-state index in [1.165, 1.54) is 0 Å². The normalized spacial score (nSPS) is 10.5. The maximum absolute atomic E-state index is 13.7. The van der Waals surface area contributed by atoms with Gasteiger partial charge in [-0.05, 0) is 24.6 Å². The molecule has 0 saturated carbocycles. The molecule has 2 N–H and O–H groups in total. The molecule has 0 aliphatic rings. The van der Waals surface area contributed by atoms with Gasteiger partial charge in [0, 0.05) is 16.8 Å². The number of hydrogen-bond donors (Lipinski definition) is 2. The Labute approximate surface area is 97.1 Å². The molecule has 1 aromatic carbocycles. The molecule has 0 radical (unpaired) electrons. The molecule has 0 aliphatic carbocycles. The van der Waals surface area contributed by atoms with E-state index in [-0.39, 0.29) is 11.2 Å². The Morgan fingerprint density at radius 3 is 2.88 bits per heavy atom. The molecule has 0 bridgehead atoms. The van der Waals surface area contributed by atoms with Gasteiger partial charge in [-0.2, -0.15) is 0 Å². The molecule has 2 aromatic rings. The van der Waals surface area contributed by atoms with Crippen molar-refractivity contribution in [3.8, 4) is 0 Å². The lowest BCUT2D eigenvalue weighted by Crippen LogP contribution is -2.07. The van der Waals surface area contributed by atoms with Gasteiger partial charge in [0.1, 0.15) is 5.52 Å². The van der Waals surface area contributed by atoms with Crippen LogP contribution in [-0.4, -0.2) is 16.2 Å². The lowest BCUT2D eigenvalue weighted by atomic mass is 10.1. The van der Waals surface area contributed by atoms with E-state index in [4.69, 9.17) is 5.11 Å². The molecule has 0 spiro atoms. The summed E-state index contributed by atoms with van der Waals surface area (Å²) in [7, 11) is 0. The fourth-order valence-corrected chi connectivity index (χ4v) is 1.62. The minimum Gasteiger partial charge on any atom is -0.465 e. The van der Waals surface area contributed by atoms with Gasteiger partial charge in [-0.1, -0.05) is 13.0 Å². The van der Waals surface area contributed by atoms with Crippen molar-refractivity contribution in [1.82, 2.24) is 4.98 Å². The zero-order chi connectivity index (χ0) is 12.4. The van der Waals surface area contributed by atoms with Gasteiger partial charge in [-0.15, -0.1) is 0 Å². The van der Waals surface area contributed by atoms with Gasteiger partial charge < -0.3 is 5.11 Å². The third-order valence-corrected chi connectivity index (χ3v) is 2.42. The van der Waals surface area contributed by atoms with Crippen LogP contribution in [0.1, 0.15) is 12.6 Å². The molecule has 0 saturated heterocycles. The quantitative estimate of drug-likeness (QED) is 0.839. The molecule has 0 atom stereocenters. The lowest BCUT2D eigenvalue weighted by Gasteiger charge is -2.05. The van der Waals surface area contributed by atoms with E-state index in [0.29, 0.717) is 5.39 Å². The number of nitrogens with one attached hydrogen (secondary N) is 1. The second-order valence-corrected chi connectivity index (χ2v) is 3.62. The molecule has 0 unspecified atom stereocenters. The molecule has 5 heteroatoms. The van der Waals surface area contributed by atoms with E-state index in [1.54, 1.807) is 18.2 Å². The number of hydrogen-bond acceptors (Lipinski definition) is 2. The summed E-state index contributed by atoms with van der Waals surface area (Å²) in [5, 5.41) is 11.3. The van der Waals surface area contributed by atoms with E-state index in [2.05, 4.69) is 10.3 Å². The van der Waals surface area contributed by atoms with E-state index in [0.717, 1.165) is 18.2 Å². The Balaban J connectivity index is 2.55. The zero-order valence-corrected chi connectivity index (χ0v) is 9.20. The number of anilines is 1. The van der Waals surface area contributed by atoms with Crippen LogP contribution in [0.3, 0.4) is 0 Å². The first-order valence-corrected chi connectivity index (χ1v) is 5.19. The molecule has 1 aromatic heterocycles. The highest BCUT2D eigenvalue weighted by Crippen LogP contribution is 2.22. The molecule has 0 aliphatic heterocycles. The number of aryl methyl sites for hydroxylation is 1. The molecule has 0 fully saturated rings. The minimum atomic E-state index is -1.22. The number of carboxylic acid groups (broad SMARTS) is 1. The Bertz CT molecular complexity index is 584. The highest BCUT2D eigenvalue weighted by molar-refractivity contribution is 5.89. The lowest BCUT2D eigenvalue weighted by molar-refractivity contribution is 0.210. The van der Waals surface area contributed by atoms with E-state index in [9.17, 15) is 9.18 Å². The number of fused-ring (bicyclic) bond motifs is 1. The molecule has 4 nitrogen and oxygen atoms in total. The molecule has 1 amide bonds. The molecular formula is C12H11FN2O2. The number of carbonyl (C=O) groups is 1. The van der Waals surface area contributed by atoms with Crippen LogP contribution < -0.4 is 5.32 Å². The Hall–Kier alpha value is -2.17. The van der Waals surface area contributed by atoms with Gasteiger partial charge in [0.25, 0.3) is 0 Å². The summed E-state index contributed by atoms with van der Waals surface area (Å²) in [5.41, 5.74) is 1.27. The van der Waals surface area contributed by atoms with Crippen LogP contribution in [0.5, 0.6) is 0 Å². The molecule has 17 heavy (non-hydrogen) atoms. The summed E-state index contributed by atoms with van der Waals surface area (Å²) >= 11 is 0. The number of amides is 1. The number of aromatic nitrogens is 1. The second kappa shape index (κ2) is 4.37. The van der Waals surface area contributed by atoms with Crippen molar-refractivity contribution in [2.75, 3.05) is 5.32 Å². The molecule has 2 rings (SSSR count). The van der Waals surface area contributed by atoms with Crippen molar-refractivity contribution in [3.63, 3.8) is 0 Å². The summed E-state index contributed by atoms with van der Waals surface area (Å²) in [6, 6.07) is 6.21. The smallest absolute Gasteiger partial charge is 0.409 e. The first-order valence-electron chi connectivity index (χ1n) is 5.19. The third kappa shape index (κ3) is 2.33. The van der Waals surface area contributed by atoms with E-state index in [1.807, 2.05) is 6.92 Å². The predicted molar refractivity (Wildman–Crippen MR) is 62.7 cm³/mol. The van der Waals surface area contributed by atoms with Crippen LogP contribution in [0, 0.1) is 5.82 Å². The first-order chi connectivity index (χ1) is 8.10. The van der Waals surface area contributed by atoms with Crippen LogP contribution in [0.25, 0.3) is 10.9 Å². The van der Waals surface area contributed by atoms with Crippen molar-refractivity contribution < 1.29 is 14.3 Å². The summed E-state index contributed by atoms with van der Waals surface area (Å²) in [4.78, 5) is 14.6. The van der Waals surface area contributed by atoms with Crippen molar-refractivity contribution in [2.45, 2.75) is 13.3 Å². The summed E-state index contributed by atoms with van der Waals surface area (Å²) in [5.74, 6) is -0.526. The average molecular weight is 234 g/mol. The Morgan fingerprint density at radius 1 is 1.47 bits per heavy atom. The van der Waals surface area contributed by atoms with Crippen molar-refractivity contribution in [2.24, 2.45) is 0 Å². The summed E-state index contributed by atoms with van der Waals surface area (Å²) in [6.07, 6.45) is -0.494. The third-order valence-electron chi connectivity index (χ3n) is 2.42. The van der Waals surface area contributed by atoms with Gasteiger partial charge in [0.05, 0.1) is 0 Å².